The third-order valence-corrected chi connectivity index (χ3v) is 15.3. The van der Waals surface area contributed by atoms with E-state index in [9.17, 15) is 0 Å². The Balaban J connectivity index is 0.000000960. The summed E-state index contributed by atoms with van der Waals surface area (Å²) < 4.78 is 6.06. The van der Waals surface area contributed by atoms with E-state index in [2.05, 4.69) is 93.5 Å². The molecule has 0 bridgehead atoms. The molecule has 2 heterocycles. The van der Waals surface area contributed by atoms with E-state index in [0.717, 1.165) is 0 Å². The molecule has 0 aromatic rings. The number of halogens is 4. The molecule has 0 N–H and O–H groups in total. The van der Waals surface area contributed by atoms with Gasteiger partial charge in [-0.15, -0.1) is 0 Å². The molecule has 0 radical (unpaired) electrons. The van der Waals surface area contributed by atoms with Crippen LogP contribution in [-0.2, 0) is 23.2 Å². The Hall–Kier alpha value is 1.56. The van der Waals surface area contributed by atoms with E-state index < -0.39 is 23.2 Å². The van der Waals surface area contributed by atoms with Crippen molar-refractivity contribution in [2.75, 3.05) is 0 Å². The number of hydrogen-bond acceptors (Lipinski definition) is 2. The van der Waals surface area contributed by atoms with E-state index in [4.69, 9.17) is 0 Å². The average Bonchev–Trinajstić information content (AvgIpc) is 3.10. The molecule has 4 aliphatic rings. The molecule has 7 heteroatoms. The molecule has 0 aromatic carbocycles. The monoisotopic (exact) mass is 586 g/mol. The number of allylic oxidation sites excluding steroid dienone is 6. The molecule has 2 atom stereocenters. The Morgan fingerprint density at radius 2 is 1.22 bits per heavy atom. The fourth-order valence-electron chi connectivity index (χ4n) is 2.87. The SMILES string of the molecule is CC1=CC2S[C]([Zr+2][C]3=C(Br)C4=CC(C)=CC4S3)=C(Br)C2=C1.[Cl-].[Cl-]. The van der Waals surface area contributed by atoms with Gasteiger partial charge in [-0.2, -0.15) is 0 Å². The maximum absolute atomic E-state index is 3.86. The predicted octanol–water partition coefficient (Wildman–Crippen LogP) is 0.208. The van der Waals surface area contributed by atoms with Crippen molar-refractivity contribution in [2.45, 2.75) is 24.3 Å². The molecular weight excluding hydrogens is 578 g/mol. The first-order chi connectivity index (χ1) is 10.0. The fourth-order valence-corrected chi connectivity index (χ4v) is 14.0. The Labute approximate surface area is 186 Å². The van der Waals surface area contributed by atoms with Gasteiger partial charge in [-0.05, 0) is 0 Å². The molecule has 4 rings (SSSR count). The average molecular weight is 590 g/mol. The van der Waals surface area contributed by atoms with Crippen molar-refractivity contribution < 1.29 is 48.0 Å². The second kappa shape index (κ2) is 8.07. The van der Waals surface area contributed by atoms with Gasteiger partial charge in [0.05, 0.1) is 0 Å². The van der Waals surface area contributed by atoms with E-state index in [1.165, 1.54) is 31.3 Å². The van der Waals surface area contributed by atoms with Gasteiger partial charge in [0.25, 0.3) is 0 Å². The Morgan fingerprint density at radius 1 is 0.826 bits per heavy atom. The minimum Gasteiger partial charge on any atom is -1.00 e. The molecule has 0 nitrogen and oxygen atoms in total. The van der Waals surface area contributed by atoms with Crippen LogP contribution in [0.5, 0.6) is 0 Å². The molecule has 0 saturated heterocycles. The number of thioether (sulfide) groups is 2. The largest absolute Gasteiger partial charge is 1.00 e. The molecular formula is C16H12Br2Cl2S2Zr. The van der Waals surface area contributed by atoms with Gasteiger partial charge in [-0.25, -0.2) is 0 Å². The van der Waals surface area contributed by atoms with Crippen molar-refractivity contribution in [1.29, 1.82) is 0 Å². The maximum atomic E-state index is 3.86. The van der Waals surface area contributed by atoms with Crippen molar-refractivity contribution in [3.8, 4) is 0 Å². The van der Waals surface area contributed by atoms with E-state index in [-0.39, 0.29) is 24.8 Å². The smallest absolute Gasteiger partial charge is 1.00 e. The van der Waals surface area contributed by atoms with Crippen molar-refractivity contribution in [1.82, 2.24) is 0 Å². The van der Waals surface area contributed by atoms with Crippen LogP contribution in [0.3, 0.4) is 0 Å². The van der Waals surface area contributed by atoms with Crippen LogP contribution >= 0.6 is 55.4 Å². The summed E-state index contributed by atoms with van der Waals surface area (Å²) in [5.74, 6) is 0. The summed E-state index contributed by atoms with van der Waals surface area (Å²) in [6.45, 7) is 4.39. The van der Waals surface area contributed by atoms with Crippen LogP contribution in [0.15, 0.2) is 60.8 Å². The molecule has 2 aliphatic heterocycles. The zero-order valence-electron chi connectivity index (χ0n) is 12.3. The van der Waals surface area contributed by atoms with Gasteiger partial charge in [-0.1, -0.05) is 0 Å². The minimum atomic E-state index is -0.712. The topological polar surface area (TPSA) is 0 Å². The molecule has 0 spiro atoms. The predicted molar refractivity (Wildman–Crippen MR) is 98.3 cm³/mol. The minimum absolute atomic E-state index is 0. The van der Waals surface area contributed by atoms with Gasteiger partial charge >= 0.3 is 164 Å². The summed E-state index contributed by atoms with van der Waals surface area (Å²) >= 11 is 11.2. The van der Waals surface area contributed by atoms with Crippen LogP contribution in [0, 0.1) is 0 Å². The summed E-state index contributed by atoms with van der Waals surface area (Å²) in [7, 11) is 0. The van der Waals surface area contributed by atoms with Crippen molar-refractivity contribution in [3.05, 3.63) is 60.8 Å². The Kier molecular flexibility index (Phi) is 7.32. The maximum Gasteiger partial charge on any atom is -1.00 e. The summed E-state index contributed by atoms with van der Waals surface area (Å²) in [6.07, 6.45) is 9.45. The molecule has 23 heavy (non-hydrogen) atoms. The molecule has 2 aliphatic carbocycles. The van der Waals surface area contributed by atoms with Crippen molar-refractivity contribution in [2.24, 2.45) is 0 Å². The fraction of sp³-hybridized carbons (Fsp3) is 0.250. The summed E-state index contributed by atoms with van der Waals surface area (Å²) in [5.41, 5.74) is 5.78. The van der Waals surface area contributed by atoms with Gasteiger partial charge in [0.1, 0.15) is 0 Å². The van der Waals surface area contributed by atoms with Gasteiger partial charge in [0.2, 0.25) is 0 Å². The van der Waals surface area contributed by atoms with E-state index in [0.29, 0.717) is 10.5 Å². The second-order valence-electron chi connectivity index (χ2n) is 5.51. The van der Waals surface area contributed by atoms with E-state index in [1.807, 2.05) is 0 Å². The summed E-state index contributed by atoms with van der Waals surface area (Å²) in [5, 5.41) is 1.14. The zero-order chi connectivity index (χ0) is 14.7. The standard InChI is InChI=1S/2C8H6BrS.2ClH.Zr/c2*1-5-2-6-7(9)4-10-8(6)3-5;;;/h2*2-3,8H,1H3;2*1H;/q;;;;+2/p-2. The van der Waals surface area contributed by atoms with Crippen LogP contribution in [-0.4, -0.2) is 10.5 Å². The quantitative estimate of drug-likeness (QED) is 0.452. The van der Waals surface area contributed by atoms with Crippen LogP contribution in [0.25, 0.3) is 0 Å². The third-order valence-electron chi connectivity index (χ3n) is 3.83. The molecule has 0 amide bonds. The van der Waals surface area contributed by atoms with E-state index in [1.54, 1.807) is 5.23 Å². The van der Waals surface area contributed by atoms with Crippen molar-refractivity contribution >= 4 is 55.4 Å². The van der Waals surface area contributed by atoms with Crippen LogP contribution in [0.4, 0.5) is 0 Å². The van der Waals surface area contributed by atoms with Crippen molar-refractivity contribution in [3.63, 3.8) is 0 Å². The van der Waals surface area contributed by atoms with Gasteiger partial charge in [0.15, 0.2) is 0 Å². The number of hydrogen-bond donors (Lipinski definition) is 0. The molecule has 0 aromatic heterocycles. The summed E-state index contributed by atoms with van der Waals surface area (Å²) in [4.78, 5) is 0. The van der Waals surface area contributed by atoms with Crippen LogP contribution < -0.4 is 24.8 Å². The number of fused-ring (bicyclic) bond motifs is 2. The second-order valence-corrected chi connectivity index (χ2v) is 14.3. The number of rotatable bonds is 2. The first-order valence-corrected chi connectivity index (χ1v) is 12.5. The molecule has 2 unspecified atom stereocenters. The zero-order valence-corrected chi connectivity index (χ0v) is 21.1. The van der Waals surface area contributed by atoms with Gasteiger partial charge < -0.3 is 24.8 Å². The van der Waals surface area contributed by atoms with Gasteiger partial charge in [0, 0.05) is 0 Å². The van der Waals surface area contributed by atoms with E-state index >= 15 is 0 Å². The van der Waals surface area contributed by atoms with Gasteiger partial charge in [-0.3, -0.25) is 0 Å². The first-order valence-electron chi connectivity index (χ1n) is 6.73. The van der Waals surface area contributed by atoms with Crippen LogP contribution in [0.1, 0.15) is 13.8 Å². The Bertz CT molecular complexity index is 685. The molecule has 120 valence electrons. The van der Waals surface area contributed by atoms with Crippen LogP contribution in [0.2, 0.25) is 0 Å². The molecule has 0 fully saturated rings. The Morgan fingerprint density at radius 3 is 1.57 bits per heavy atom. The summed E-state index contributed by atoms with van der Waals surface area (Å²) in [6, 6.07) is 0. The molecule has 0 saturated carbocycles. The first kappa shape index (κ1) is 20.9. The normalized spacial score (nSPS) is 27.5. The third kappa shape index (κ3) is 3.82.